The highest BCUT2D eigenvalue weighted by molar-refractivity contribution is 6.05. The Labute approximate surface area is 211 Å². The van der Waals surface area contributed by atoms with Gasteiger partial charge >= 0.3 is 5.97 Å². The van der Waals surface area contributed by atoms with Crippen LogP contribution in [0.1, 0.15) is 36.4 Å². The van der Waals surface area contributed by atoms with E-state index in [1.54, 1.807) is 12.1 Å². The number of hydrazone groups is 1. The number of piperidine rings is 1. The fourth-order valence-corrected chi connectivity index (χ4v) is 5.13. The van der Waals surface area contributed by atoms with Crippen molar-refractivity contribution < 1.29 is 19.1 Å². The van der Waals surface area contributed by atoms with Crippen molar-refractivity contribution in [3.8, 4) is 5.75 Å². The molecule has 1 saturated heterocycles. The van der Waals surface area contributed by atoms with Crippen LogP contribution in [0.25, 0.3) is 10.8 Å². The predicted octanol–water partition coefficient (Wildman–Crippen LogP) is 4.41. The zero-order valence-electron chi connectivity index (χ0n) is 20.7. The largest absolute Gasteiger partial charge is 0.497 e. The van der Waals surface area contributed by atoms with Gasteiger partial charge in [-0.05, 0) is 66.0 Å². The molecule has 2 heterocycles. The lowest BCUT2D eigenvalue weighted by Crippen LogP contribution is -2.43. The van der Waals surface area contributed by atoms with E-state index in [0.717, 1.165) is 28.0 Å². The van der Waals surface area contributed by atoms with Crippen LogP contribution in [-0.4, -0.2) is 61.4 Å². The van der Waals surface area contributed by atoms with Gasteiger partial charge in [-0.15, -0.1) is 0 Å². The van der Waals surface area contributed by atoms with Crippen LogP contribution in [0.5, 0.6) is 5.75 Å². The first-order valence-electron chi connectivity index (χ1n) is 12.4. The van der Waals surface area contributed by atoms with Gasteiger partial charge in [-0.2, -0.15) is 5.10 Å². The van der Waals surface area contributed by atoms with Gasteiger partial charge in [0.15, 0.2) is 0 Å². The van der Waals surface area contributed by atoms with Crippen LogP contribution < -0.4 is 4.74 Å². The molecular weight excluding hydrogens is 454 g/mol. The molecule has 2 aliphatic rings. The molecule has 7 heteroatoms. The van der Waals surface area contributed by atoms with Crippen molar-refractivity contribution in [2.75, 3.05) is 33.9 Å². The standard InChI is InChI=1S/C29H31N3O4/c1-35-25-11-9-21(10-12-25)27-18-26(24-8-7-20-5-3-4-6-23(20)17-24)30-32(27)28(33)19-31-15-13-22(14-16-31)29(34)36-2/h3-12,17,22,27H,13-16,18-19H2,1-2H3/t27-/m0/s1. The summed E-state index contributed by atoms with van der Waals surface area (Å²) in [5.74, 6) is 0.490. The van der Waals surface area contributed by atoms with E-state index < -0.39 is 0 Å². The topological polar surface area (TPSA) is 71.4 Å². The van der Waals surface area contributed by atoms with Crippen molar-refractivity contribution in [1.29, 1.82) is 0 Å². The van der Waals surface area contributed by atoms with Gasteiger partial charge in [-0.1, -0.05) is 48.5 Å². The average molecular weight is 486 g/mol. The van der Waals surface area contributed by atoms with Gasteiger partial charge < -0.3 is 9.47 Å². The van der Waals surface area contributed by atoms with Crippen LogP contribution in [0.15, 0.2) is 71.8 Å². The summed E-state index contributed by atoms with van der Waals surface area (Å²) in [7, 11) is 3.07. The fourth-order valence-electron chi connectivity index (χ4n) is 5.13. The number of ether oxygens (including phenoxy) is 2. The normalized spacial score (nSPS) is 18.8. The lowest BCUT2D eigenvalue weighted by Gasteiger charge is -2.31. The summed E-state index contributed by atoms with van der Waals surface area (Å²) in [4.78, 5) is 27.5. The Balaban J connectivity index is 1.38. The fraction of sp³-hybridized carbons (Fsp3) is 0.345. The summed E-state index contributed by atoms with van der Waals surface area (Å²) in [5, 5.41) is 8.83. The molecule has 5 rings (SSSR count). The summed E-state index contributed by atoms with van der Waals surface area (Å²) in [6.45, 7) is 1.65. The Hall–Kier alpha value is -3.71. The zero-order chi connectivity index (χ0) is 25.1. The molecule has 1 atom stereocenters. The maximum absolute atomic E-state index is 13.5. The Morgan fingerprint density at radius 1 is 0.944 bits per heavy atom. The molecule has 0 spiro atoms. The van der Waals surface area contributed by atoms with Gasteiger partial charge in [0.05, 0.1) is 38.4 Å². The molecule has 0 aromatic heterocycles. The lowest BCUT2D eigenvalue weighted by molar-refractivity contribution is -0.147. The molecule has 36 heavy (non-hydrogen) atoms. The van der Waals surface area contributed by atoms with Crippen LogP contribution >= 0.6 is 0 Å². The third-order valence-corrected chi connectivity index (χ3v) is 7.23. The highest BCUT2D eigenvalue weighted by Crippen LogP contribution is 2.34. The summed E-state index contributed by atoms with van der Waals surface area (Å²) < 4.78 is 10.2. The summed E-state index contributed by atoms with van der Waals surface area (Å²) in [6, 6.07) is 22.2. The summed E-state index contributed by atoms with van der Waals surface area (Å²) in [6.07, 6.45) is 2.04. The second-order valence-corrected chi connectivity index (χ2v) is 9.41. The molecule has 0 bridgehead atoms. The van der Waals surface area contributed by atoms with Crippen molar-refractivity contribution in [1.82, 2.24) is 9.91 Å². The highest BCUT2D eigenvalue weighted by Gasteiger charge is 2.35. The van der Waals surface area contributed by atoms with Crippen LogP contribution in [0.2, 0.25) is 0 Å². The minimum Gasteiger partial charge on any atom is -0.497 e. The number of methoxy groups -OCH3 is 2. The summed E-state index contributed by atoms with van der Waals surface area (Å²) >= 11 is 0. The number of fused-ring (bicyclic) bond motifs is 1. The minimum absolute atomic E-state index is 0.0388. The predicted molar refractivity (Wildman–Crippen MR) is 139 cm³/mol. The molecule has 3 aromatic rings. The second kappa shape index (κ2) is 10.5. The molecule has 0 N–H and O–H groups in total. The van der Waals surface area contributed by atoms with Gasteiger partial charge in [-0.3, -0.25) is 14.5 Å². The van der Waals surface area contributed by atoms with Crippen molar-refractivity contribution >= 4 is 28.4 Å². The molecule has 2 aliphatic heterocycles. The molecule has 1 fully saturated rings. The van der Waals surface area contributed by atoms with Gasteiger partial charge in [0.2, 0.25) is 0 Å². The van der Waals surface area contributed by atoms with Crippen LogP contribution in [-0.2, 0) is 14.3 Å². The molecule has 0 aliphatic carbocycles. The lowest BCUT2D eigenvalue weighted by atomic mass is 9.96. The first-order chi connectivity index (χ1) is 17.6. The monoisotopic (exact) mass is 485 g/mol. The van der Waals surface area contributed by atoms with E-state index in [0.29, 0.717) is 32.4 Å². The molecule has 0 unspecified atom stereocenters. The van der Waals surface area contributed by atoms with E-state index in [1.807, 2.05) is 36.4 Å². The second-order valence-electron chi connectivity index (χ2n) is 9.41. The van der Waals surface area contributed by atoms with Crippen molar-refractivity contribution in [3.05, 3.63) is 77.9 Å². The first-order valence-corrected chi connectivity index (χ1v) is 12.4. The smallest absolute Gasteiger partial charge is 0.308 e. The third-order valence-electron chi connectivity index (χ3n) is 7.23. The number of hydrogen-bond acceptors (Lipinski definition) is 6. The van der Waals surface area contributed by atoms with Crippen molar-refractivity contribution in [2.24, 2.45) is 11.0 Å². The Kier molecular flexibility index (Phi) is 7.00. The molecule has 0 radical (unpaired) electrons. The molecule has 1 amide bonds. The van der Waals surface area contributed by atoms with Gasteiger partial charge in [0.1, 0.15) is 5.75 Å². The van der Waals surface area contributed by atoms with Gasteiger partial charge in [0, 0.05) is 6.42 Å². The SMILES string of the molecule is COC(=O)C1CCN(CC(=O)N2N=C(c3ccc4ccccc4c3)C[C@H]2c2ccc(OC)cc2)CC1. The van der Waals surface area contributed by atoms with E-state index in [4.69, 9.17) is 14.6 Å². The third kappa shape index (κ3) is 4.97. The average Bonchev–Trinajstić information content (AvgIpc) is 3.38. The van der Waals surface area contributed by atoms with Crippen molar-refractivity contribution in [2.45, 2.75) is 25.3 Å². The van der Waals surface area contributed by atoms with Gasteiger partial charge in [-0.25, -0.2) is 5.01 Å². The highest BCUT2D eigenvalue weighted by atomic mass is 16.5. The molecular formula is C29H31N3O4. The molecule has 0 saturated carbocycles. The van der Waals surface area contributed by atoms with Gasteiger partial charge in [0.25, 0.3) is 5.91 Å². The number of nitrogens with zero attached hydrogens (tertiary/aromatic N) is 3. The number of hydrogen-bond donors (Lipinski definition) is 0. The number of rotatable bonds is 6. The van der Waals surface area contributed by atoms with E-state index in [2.05, 4.69) is 35.2 Å². The number of carbonyl (C=O) groups excluding carboxylic acids is 2. The van der Waals surface area contributed by atoms with Crippen LogP contribution in [0.4, 0.5) is 0 Å². The quantitative estimate of drug-likeness (QED) is 0.484. The summed E-state index contributed by atoms with van der Waals surface area (Å²) in [5.41, 5.74) is 2.95. The van der Waals surface area contributed by atoms with Crippen LogP contribution in [0, 0.1) is 5.92 Å². The number of benzene rings is 3. The van der Waals surface area contributed by atoms with E-state index in [9.17, 15) is 9.59 Å². The maximum Gasteiger partial charge on any atom is 0.308 e. The Morgan fingerprint density at radius 2 is 1.67 bits per heavy atom. The van der Waals surface area contributed by atoms with Crippen LogP contribution in [0.3, 0.4) is 0 Å². The van der Waals surface area contributed by atoms with E-state index >= 15 is 0 Å². The number of likely N-dealkylation sites (tertiary alicyclic amines) is 1. The Bertz CT molecular complexity index is 1280. The number of esters is 1. The van der Waals surface area contributed by atoms with E-state index in [-0.39, 0.29) is 30.4 Å². The molecule has 3 aromatic carbocycles. The van der Waals surface area contributed by atoms with Crippen molar-refractivity contribution in [3.63, 3.8) is 0 Å². The Morgan fingerprint density at radius 3 is 2.36 bits per heavy atom. The first kappa shape index (κ1) is 24.0. The van der Waals surface area contributed by atoms with E-state index in [1.165, 1.54) is 12.5 Å². The minimum atomic E-state index is -0.183. The number of amides is 1. The zero-order valence-corrected chi connectivity index (χ0v) is 20.7. The maximum atomic E-state index is 13.5. The molecule has 7 nitrogen and oxygen atoms in total. The molecule has 186 valence electrons. The number of carbonyl (C=O) groups is 2.